The molecule has 0 radical (unpaired) electrons. The number of hydrogen-bond acceptors (Lipinski definition) is 5. The zero-order chi connectivity index (χ0) is 26.5. The average Bonchev–Trinajstić information content (AvgIpc) is 3.50. The average molecular weight is 504 g/mol. The zero-order valence-corrected chi connectivity index (χ0v) is 22.0. The number of nitrogens with one attached hydrogen (secondary N) is 1. The molecule has 2 aromatic carbocycles. The summed E-state index contributed by atoms with van der Waals surface area (Å²) in [6.45, 7) is 6.19. The summed E-state index contributed by atoms with van der Waals surface area (Å²) < 4.78 is 12.3. The highest BCUT2D eigenvalue weighted by Crippen LogP contribution is 2.39. The Morgan fingerprint density at radius 2 is 1.78 bits per heavy atom. The van der Waals surface area contributed by atoms with E-state index in [4.69, 9.17) is 9.47 Å². The van der Waals surface area contributed by atoms with Gasteiger partial charge in [-0.05, 0) is 87.9 Å². The number of aromatic nitrogens is 1. The second kappa shape index (κ2) is 8.94. The molecule has 8 nitrogen and oxygen atoms in total. The van der Waals surface area contributed by atoms with Gasteiger partial charge < -0.3 is 24.3 Å². The maximum atomic E-state index is 13.3. The number of fused-ring (bicyclic) bond motifs is 3. The molecule has 1 aliphatic heterocycles. The Labute approximate surface area is 216 Å². The third-order valence-electron chi connectivity index (χ3n) is 7.10. The summed E-state index contributed by atoms with van der Waals surface area (Å²) in [7, 11) is 3.17. The van der Waals surface area contributed by atoms with Crippen molar-refractivity contribution >= 4 is 28.9 Å². The second-order valence-corrected chi connectivity index (χ2v) is 11.1. The number of likely N-dealkylation sites (N-methyl/N-ethyl adjacent to an activating group) is 1. The minimum absolute atomic E-state index is 0.0420. The summed E-state index contributed by atoms with van der Waals surface area (Å²) in [5.41, 5.74) is 4.07. The van der Waals surface area contributed by atoms with E-state index in [0.29, 0.717) is 30.6 Å². The van der Waals surface area contributed by atoms with Crippen molar-refractivity contribution in [1.82, 2.24) is 14.8 Å². The maximum Gasteiger partial charge on any atom is 0.408 e. The number of carbonyl (C=O) groups is 3. The minimum atomic E-state index is -0.538. The first-order valence-corrected chi connectivity index (χ1v) is 12.6. The number of methoxy groups -OCH3 is 1. The summed E-state index contributed by atoms with van der Waals surface area (Å²) in [5, 5.41) is 3.95. The Balaban J connectivity index is 1.47. The lowest BCUT2D eigenvalue weighted by molar-refractivity contribution is 0.0495. The molecule has 8 heteroatoms. The van der Waals surface area contributed by atoms with Crippen molar-refractivity contribution in [1.29, 1.82) is 0 Å². The van der Waals surface area contributed by atoms with Crippen LogP contribution >= 0.6 is 0 Å². The van der Waals surface area contributed by atoms with E-state index in [1.807, 2.05) is 68.8 Å². The van der Waals surface area contributed by atoms with E-state index in [1.165, 1.54) is 7.11 Å². The van der Waals surface area contributed by atoms with E-state index < -0.39 is 11.6 Å². The first kappa shape index (κ1) is 24.9. The molecule has 5 rings (SSSR count). The lowest BCUT2D eigenvalue weighted by Crippen LogP contribution is -2.41. The molecule has 0 atom stereocenters. The molecular formula is C29H33N3O5. The lowest BCUT2D eigenvalue weighted by Gasteiger charge is -2.24. The standard InChI is InChI=1S/C29H33N3O5/c1-28(2,3)37-27(35)30-29(13-14-29)17-18-6-9-20(10-7-18)32-23-11-8-19(26(34)36-5)16-22(23)21-12-15-31(4)25(33)24(21)32/h6-11,16H,12-15,17H2,1-5H3,(H,30,35). The number of rotatable bonds is 5. The van der Waals surface area contributed by atoms with Crippen molar-refractivity contribution in [2.24, 2.45) is 0 Å². The zero-order valence-electron chi connectivity index (χ0n) is 22.0. The monoisotopic (exact) mass is 503 g/mol. The summed E-state index contributed by atoms with van der Waals surface area (Å²) >= 11 is 0. The van der Waals surface area contributed by atoms with Crippen LogP contribution in [0.4, 0.5) is 4.79 Å². The molecule has 0 unspecified atom stereocenters. The van der Waals surface area contributed by atoms with Gasteiger partial charge >= 0.3 is 12.1 Å². The fraction of sp³-hybridized carbons (Fsp3) is 0.414. The van der Waals surface area contributed by atoms with E-state index in [0.717, 1.165) is 40.6 Å². The molecule has 1 fully saturated rings. The third-order valence-corrected chi connectivity index (χ3v) is 7.10. The number of benzene rings is 2. The normalized spacial score (nSPS) is 16.4. The van der Waals surface area contributed by atoms with Gasteiger partial charge in [0, 0.05) is 30.2 Å². The third kappa shape index (κ3) is 4.80. The van der Waals surface area contributed by atoms with Gasteiger partial charge in [0.2, 0.25) is 0 Å². The van der Waals surface area contributed by atoms with Gasteiger partial charge in [0.15, 0.2) is 0 Å². The van der Waals surface area contributed by atoms with Crippen LogP contribution in [0.1, 0.15) is 65.6 Å². The van der Waals surface area contributed by atoms with Crippen LogP contribution in [0.5, 0.6) is 0 Å². The fourth-order valence-corrected chi connectivity index (χ4v) is 5.08. The molecule has 2 aliphatic rings. The summed E-state index contributed by atoms with van der Waals surface area (Å²) in [4.78, 5) is 39.5. The van der Waals surface area contributed by atoms with E-state index in [-0.39, 0.29) is 17.5 Å². The second-order valence-electron chi connectivity index (χ2n) is 11.1. The van der Waals surface area contributed by atoms with Crippen molar-refractivity contribution in [3.63, 3.8) is 0 Å². The largest absolute Gasteiger partial charge is 0.465 e. The molecule has 3 aromatic rings. The Bertz CT molecular complexity index is 1390. The molecule has 0 spiro atoms. The number of hydrogen-bond donors (Lipinski definition) is 1. The highest BCUT2D eigenvalue weighted by molar-refractivity contribution is 6.05. The number of carbonyl (C=O) groups excluding carboxylic acids is 3. The number of ether oxygens (including phenoxy) is 2. The van der Waals surface area contributed by atoms with Gasteiger partial charge in [0.05, 0.1) is 18.2 Å². The molecule has 0 bridgehead atoms. The Kier molecular flexibility index (Phi) is 6.01. The summed E-state index contributed by atoms with van der Waals surface area (Å²) in [6, 6.07) is 13.5. The minimum Gasteiger partial charge on any atom is -0.465 e. The van der Waals surface area contributed by atoms with E-state index in [1.54, 1.807) is 11.0 Å². The van der Waals surface area contributed by atoms with Crippen LogP contribution in [0.3, 0.4) is 0 Å². The molecular weight excluding hydrogens is 470 g/mol. The van der Waals surface area contributed by atoms with Crippen LogP contribution in [0.2, 0.25) is 0 Å². The van der Waals surface area contributed by atoms with Gasteiger partial charge in [-0.25, -0.2) is 9.59 Å². The van der Waals surface area contributed by atoms with Crippen molar-refractivity contribution in [2.45, 2.75) is 57.6 Å². The van der Waals surface area contributed by atoms with Crippen LogP contribution in [0.25, 0.3) is 16.6 Å². The predicted octanol–water partition coefficient (Wildman–Crippen LogP) is 4.65. The van der Waals surface area contributed by atoms with Crippen molar-refractivity contribution in [2.75, 3.05) is 20.7 Å². The first-order valence-electron chi connectivity index (χ1n) is 12.6. The molecule has 2 heterocycles. The quantitative estimate of drug-likeness (QED) is 0.512. The highest BCUT2D eigenvalue weighted by atomic mass is 16.6. The van der Waals surface area contributed by atoms with Gasteiger partial charge in [0.25, 0.3) is 5.91 Å². The van der Waals surface area contributed by atoms with E-state index >= 15 is 0 Å². The molecule has 0 saturated heterocycles. The topological polar surface area (TPSA) is 89.9 Å². The molecule has 1 saturated carbocycles. The highest BCUT2D eigenvalue weighted by Gasteiger charge is 2.45. The van der Waals surface area contributed by atoms with E-state index in [9.17, 15) is 14.4 Å². The molecule has 1 aliphatic carbocycles. The van der Waals surface area contributed by atoms with Gasteiger partial charge in [-0.2, -0.15) is 0 Å². The predicted molar refractivity (Wildman–Crippen MR) is 140 cm³/mol. The molecule has 2 amide bonds. The van der Waals surface area contributed by atoms with Crippen LogP contribution in [0.15, 0.2) is 42.5 Å². The SMILES string of the molecule is COC(=O)c1ccc2c(c1)c1c(n2-c2ccc(CC3(NC(=O)OC(C)(C)C)CC3)cc2)C(=O)N(C)CC1. The van der Waals surface area contributed by atoms with Crippen molar-refractivity contribution < 1.29 is 23.9 Å². The van der Waals surface area contributed by atoms with Crippen LogP contribution in [-0.2, 0) is 22.3 Å². The van der Waals surface area contributed by atoms with Crippen molar-refractivity contribution in [3.05, 3.63) is 64.8 Å². The summed E-state index contributed by atoms with van der Waals surface area (Å²) in [6.07, 6.45) is 2.85. The maximum absolute atomic E-state index is 13.3. The Morgan fingerprint density at radius 3 is 2.41 bits per heavy atom. The molecule has 194 valence electrons. The first-order chi connectivity index (χ1) is 17.5. The van der Waals surface area contributed by atoms with Gasteiger partial charge in [0.1, 0.15) is 11.3 Å². The number of amides is 2. The summed E-state index contributed by atoms with van der Waals surface area (Å²) in [5.74, 6) is -0.444. The van der Waals surface area contributed by atoms with Crippen LogP contribution in [-0.4, -0.2) is 59.3 Å². The molecule has 37 heavy (non-hydrogen) atoms. The van der Waals surface area contributed by atoms with Crippen molar-refractivity contribution in [3.8, 4) is 5.69 Å². The van der Waals surface area contributed by atoms with Crippen LogP contribution in [0, 0.1) is 0 Å². The van der Waals surface area contributed by atoms with Gasteiger partial charge in [-0.1, -0.05) is 12.1 Å². The lowest BCUT2D eigenvalue weighted by atomic mass is 10.0. The van der Waals surface area contributed by atoms with Gasteiger partial charge in [-0.15, -0.1) is 0 Å². The number of alkyl carbamates (subject to hydrolysis) is 1. The Morgan fingerprint density at radius 1 is 1.08 bits per heavy atom. The van der Waals surface area contributed by atoms with Gasteiger partial charge in [-0.3, -0.25) is 4.79 Å². The Hall–Kier alpha value is -3.81. The number of nitrogens with zero attached hydrogens (tertiary/aromatic N) is 2. The smallest absolute Gasteiger partial charge is 0.408 e. The fourth-order valence-electron chi connectivity index (χ4n) is 5.08. The van der Waals surface area contributed by atoms with E-state index in [2.05, 4.69) is 5.32 Å². The number of esters is 1. The molecule has 1 N–H and O–H groups in total. The van der Waals surface area contributed by atoms with Crippen LogP contribution < -0.4 is 5.32 Å². The molecule has 1 aromatic heterocycles.